The molecule has 0 fully saturated rings. The molecule has 0 saturated heterocycles. The molecule has 0 amide bonds. The van der Waals surface area contributed by atoms with Gasteiger partial charge in [0.1, 0.15) is 5.16 Å². The van der Waals surface area contributed by atoms with Crippen molar-refractivity contribution in [2.45, 2.75) is 0 Å². The fourth-order valence-electron chi connectivity index (χ4n) is 0.298. The summed E-state index contributed by atoms with van der Waals surface area (Å²) in [5, 5.41) is 8.56. The third-order valence-corrected chi connectivity index (χ3v) is 0.969. The van der Waals surface area contributed by atoms with Crippen LogP contribution in [0.25, 0.3) is 0 Å². The summed E-state index contributed by atoms with van der Waals surface area (Å²) in [6.07, 6.45) is 4.65. The standard InChI is InChI=1S/C6H7Cl2NO/c7-5-9-6(8)3-1-2-4-10/h1-3,5,10H,4H2/b2-1+,6-3-,9-5?. The molecule has 2 nitrogen and oxygen atoms in total. The van der Waals surface area contributed by atoms with E-state index in [0.717, 1.165) is 5.67 Å². The van der Waals surface area contributed by atoms with E-state index in [2.05, 4.69) is 4.99 Å². The minimum Gasteiger partial charge on any atom is -0.392 e. The van der Waals surface area contributed by atoms with E-state index in [9.17, 15) is 0 Å². The SMILES string of the molecule is OC/C=C/C=C(/Cl)N=CCl. The Labute approximate surface area is 69.5 Å². The molecule has 0 aromatic heterocycles. The van der Waals surface area contributed by atoms with Gasteiger partial charge in [-0.3, -0.25) is 0 Å². The summed E-state index contributed by atoms with van der Waals surface area (Å²) >= 11 is 10.6. The number of halogens is 2. The molecule has 56 valence electrons. The van der Waals surface area contributed by atoms with Crippen molar-refractivity contribution in [3.63, 3.8) is 0 Å². The smallest absolute Gasteiger partial charge is 0.130 e. The van der Waals surface area contributed by atoms with Gasteiger partial charge in [0.05, 0.1) is 12.3 Å². The highest BCUT2D eigenvalue weighted by atomic mass is 35.5. The summed E-state index contributed by atoms with van der Waals surface area (Å²) in [5.74, 6) is 0. The van der Waals surface area contributed by atoms with Crippen LogP contribution >= 0.6 is 23.2 Å². The first-order chi connectivity index (χ1) is 4.81. The molecule has 0 spiro atoms. The molecule has 4 heteroatoms. The van der Waals surface area contributed by atoms with Crippen molar-refractivity contribution in [1.82, 2.24) is 0 Å². The topological polar surface area (TPSA) is 32.6 Å². The van der Waals surface area contributed by atoms with E-state index < -0.39 is 0 Å². The van der Waals surface area contributed by atoms with E-state index >= 15 is 0 Å². The summed E-state index contributed by atoms with van der Waals surface area (Å²) in [6.45, 7) is -0.00867. The van der Waals surface area contributed by atoms with Crippen LogP contribution in [0.2, 0.25) is 0 Å². The maximum atomic E-state index is 8.29. The van der Waals surface area contributed by atoms with Crippen LogP contribution in [-0.2, 0) is 0 Å². The number of allylic oxidation sites excluding steroid dienone is 2. The number of aliphatic imine (C=N–C) groups is 1. The van der Waals surface area contributed by atoms with Crippen molar-refractivity contribution in [3.8, 4) is 0 Å². The van der Waals surface area contributed by atoms with Gasteiger partial charge in [0, 0.05) is 0 Å². The summed E-state index contributed by atoms with van der Waals surface area (Å²) in [5.41, 5.74) is 1.08. The molecule has 0 aromatic rings. The molecule has 0 aliphatic heterocycles. The molecule has 0 aliphatic carbocycles. The van der Waals surface area contributed by atoms with E-state index in [-0.39, 0.29) is 11.8 Å². The average Bonchev–Trinajstić information content (AvgIpc) is 1.89. The number of hydrogen-bond acceptors (Lipinski definition) is 2. The Balaban J connectivity index is 3.79. The van der Waals surface area contributed by atoms with E-state index in [1.165, 1.54) is 12.2 Å². The molecular weight excluding hydrogens is 173 g/mol. The molecule has 0 aliphatic rings. The van der Waals surface area contributed by atoms with Crippen molar-refractivity contribution in [2.75, 3.05) is 6.61 Å². The lowest BCUT2D eigenvalue weighted by Gasteiger charge is -1.81. The largest absolute Gasteiger partial charge is 0.392 e. The summed E-state index contributed by atoms with van der Waals surface area (Å²) in [4.78, 5) is 3.53. The van der Waals surface area contributed by atoms with Gasteiger partial charge >= 0.3 is 0 Å². The molecule has 0 unspecified atom stereocenters. The molecule has 0 rings (SSSR count). The van der Waals surface area contributed by atoms with Crippen molar-refractivity contribution in [2.24, 2.45) is 4.99 Å². The number of rotatable bonds is 3. The van der Waals surface area contributed by atoms with Crippen molar-refractivity contribution in [1.29, 1.82) is 0 Å². The van der Waals surface area contributed by atoms with Crippen LogP contribution < -0.4 is 0 Å². The number of aliphatic hydroxyl groups excluding tert-OH is 1. The minimum absolute atomic E-state index is 0.00867. The second-order valence-electron chi connectivity index (χ2n) is 1.33. The molecule has 0 bridgehead atoms. The van der Waals surface area contributed by atoms with Crippen LogP contribution in [0.1, 0.15) is 0 Å². The van der Waals surface area contributed by atoms with Gasteiger partial charge in [-0.05, 0) is 6.08 Å². The van der Waals surface area contributed by atoms with Gasteiger partial charge in [0.2, 0.25) is 0 Å². The van der Waals surface area contributed by atoms with Gasteiger partial charge in [0.15, 0.2) is 0 Å². The predicted octanol–water partition coefficient (Wildman–Crippen LogP) is 1.88. The number of hydrogen-bond donors (Lipinski definition) is 1. The summed E-state index contributed by atoms with van der Waals surface area (Å²) in [7, 11) is 0. The first kappa shape index (κ1) is 9.69. The third-order valence-electron chi connectivity index (χ3n) is 0.647. The van der Waals surface area contributed by atoms with Gasteiger partial charge < -0.3 is 5.11 Å². The number of nitrogens with zero attached hydrogens (tertiary/aromatic N) is 1. The second-order valence-corrected chi connectivity index (χ2v) is 1.91. The monoisotopic (exact) mass is 179 g/mol. The minimum atomic E-state index is -0.00867. The van der Waals surface area contributed by atoms with Gasteiger partial charge in [-0.2, -0.15) is 0 Å². The molecular formula is C6H7Cl2NO. The second kappa shape index (κ2) is 6.81. The molecule has 0 radical (unpaired) electrons. The quantitative estimate of drug-likeness (QED) is 0.401. The summed E-state index contributed by atoms with van der Waals surface area (Å²) < 4.78 is 0. The highest BCUT2D eigenvalue weighted by Gasteiger charge is 1.78. The lowest BCUT2D eigenvalue weighted by Crippen LogP contribution is -1.68. The van der Waals surface area contributed by atoms with E-state index in [1.807, 2.05) is 0 Å². The lowest BCUT2D eigenvalue weighted by atomic mass is 10.5. The Kier molecular flexibility index (Phi) is 6.59. The van der Waals surface area contributed by atoms with Crippen molar-refractivity contribution < 1.29 is 5.11 Å². The number of aliphatic hydroxyl groups is 1. The van der Waals surface area contributed by atoms with Crippen LogP contribution in [0.5, 0.6) is 0 Å². The highest BCUT2D eigenvalue weighted by molar-refractivity contribution is 6.56. The lowest BCUT2D eigenvalue weighted by molar-refractivity contribution is 0.343. The van der Waals surface area contributed by atoms with Crippen LogP contribution in [0.4, 0.5) is 0 Å². The van der Waals surface area contributed by atoms with Gasteiger partial charge in [-0.15, -0.1) is 0 Å². The van der Waals surface area contributed by atoms with Gasteiger partial charge in [-0.25, -0.2) is 4.99 Å². The van der Waals surface area contributed by atoms with E-state index in [0.29, 0.717) is 0 Å². The highest BCUT2D eigenvalue weighted by Crippen LogP contribution is 2.01. The Morgan fingerprint density at radius 2 is 2.30 bits per heavy atom. The molecule has 0 saturated carbocycles. The zero-order chi connectivity index (χ0) is 7.82. The zero-order valence-corrected chi connectivity index (χ0v) is 6.68. The van der Waals surface area contributed by atoms with Crippen LogP contribution in [0.15, 0.2) is 28.4 Å². The molecule has 10 heavy (non-hydrogen) atoms. The third kappa shape index (κ3) is 5.82. The molecule has 0 atom stereocenters. The first-order valence-electron chi connectivity index (χ1n) is 2.57. The van der Waals surface area contributed by atoms with Crippen molar-refractivity contribution in [3.05, 3.63) is 23.4 Å². The zero-order valence-electron chi connectivity index (χ0n) is 5.17. The van der Waals surface area contributed by atoms with Crippen LogP contribution in [0, 0.1) is 0 Å². The van der Waals surface area contributed by atoms with E-state index in [1.54, 1.807) is 6.08 Å². The maximum absolute atomic E-state index is 8.29. The van der Waals surface area contributed by atoms with Crippen molar-refractivity contribution >= 4 is 28.9 Å². The van der Waals surface area contributed by atoms with Crippen LogP contribution in [0.3, 0.4) is 0 Å². The Morgan fingerprint density at radius 3 is 2.80 bits per heavy atom. The maximum Gasteiger partial charge on any atom is 0.130 e. The fraction of sp³-hybridized carbons (Fsp3) is 0.167. The predicted molar refractivity (Wildman–Crippen MR) is 44.5 cm³/mol. The first-order valence-corrected chi connectivity index (χ1v) is 3.38. The Bertz CT molecular complexity index is 163. The average molecular weight is 180 g/mol. The van der Waals surface area contributed by atoms with Gasteiger partial charge in [0.25, 0.3) is 0 Å². The summed E-state index contributed by atoms with van der Waals surface area (Å²) in [6, 6.07) is 0. The Hall–Kier alpha value is -0.310. The molecule has 0 heterocycles. The van der Waals surface area contributed by atoms with Gasteiger partial charge in [-0.1, -0.05) is 35.4 Å². The fourth-order valence-corrected chi connectivity index (χ4v) is 0.575. The normalized spacial score (nSPS) is 13.7. The van der Waals surface area contributed by atoms with E-state index in [4.69, 9.17) is 28.3 Å². The molecule has 1 N–H and O–H groups in total. The Morgan fingerprint density at radius 1 is 1.60 bits per heavy atom. The van der Waals surface area contributed by atoms with Crippen LogP contribution in [-0.4, -0.2) is 17.4 Å². The molecule has 0 aromatic carbocycles.